The molecule has 1 unspecified atom stereocenters. The molecule has 3 saturated heterocycles. The number of hydrogen-bond donors (Lipinski definition) is 1. The molecule has 3 amide bonds. The van der Waals surface area contributed by atoms with Gasteiger partial charge in [0, 0.05) is 69.8 Å². The molecule has 3 fully saturated rings. The predicted molar refractivity (Wildman–Crippen MR) is 133 cm³/mol. The molecular weight excluding hydrogens is 446 g/mol. The van der Waals surface area contributed by atoms with Crippen LogP contribution in [0.3, 0.4) is 0 Å². The molecule has 0 saturated carbocycles. The molecule has 3 aliphatic rings. The monoisotopic (exact) mass is 481 g/mol. The van der Waals surface area contributed by atoms with Crippen LogP contribution in [0.4, 0.5) is 5.69 Å². The number of carbonyl (C=O) groups is 4. The molecular formula is C26H35N5O4. The van der Waals surface area contributed by atoms with E-state index in [0.717, 1.165) is 70.8 Å². The fraction of sp³-hybridized carbons (Fsp3) is 0.538. The Hall–Kier alpha value is -3.20. The molecule has 0 bridgehead atoms. The lowest BCUT2D eigenvalue weighted by molar-refractivity contribution is -0.125. The number of allylic oxidation sites excluding steroid dienone is 1. The molecule has 0 spiro atoms. The van der Waals surface area contributed by atoms with E-state index in [1.165, 1.54) is 4.90 Å². The number of amides is 3. The van der Waals surface area contributed by atoms with Crippen LogP contribution in [-0.4, -0.2) is 98.1 Å². The van der Waals surface area contributed by atoms with Crippen molar-refractivity contribution in [3.8, 4) is 0 Å². The fourth-order valence-corrected chi connectivity index (χ4v) is 5.28. The standard InChI is InChI=1S/C26H35N5O4/c1-19-3-6-24(25(34)27-19)28(2)26(35)23-15-22(5-4-21(23)17-32)31-9-7-20(8-10-31)16-29-11-13-30(18-33)14-12-29/h4-5,15,17-18,20,24H,1,3,6-14,16H2,2H3,(H,27,34). The molecule has 4 rings (SSSR count). The Morgan fingerprint density at radius 2 is 1.83 bits per heavy atom. The van der Waals surface area contributed by atoms with Crippen molar-refractivity contribution in [2.45, 2.75) is 31.7 Å². The molecule has 1 aromatic rings. The number of carbonyl (C=O) groups excluding carboxylic acids is 4. The average molecular weight is 482 g/mol. The maximum Gasteiger partial charge on any atom is 0.255 e. The third kappa shape index (κ3) is 5.73. The van der Waals surface area contributed by atoms with Gasteiger partial charge in [-0.3, -0.25) is 24.1 Å². The Labute approximate surface area is 206 Å². The van der Waals surface area contributed by atoms with Crippen LogP contribution in [-0.2, 0) is 9.59 Å². The Kier molecular flexibility index (Phi) is 7.85. The number of anilines is 1. The van der Waals surface area contributed by atoms with Crippen LogP contribution in [0.5, 0.6) is 0 Å². The van der Waals surface area contributed by atoms with Crippen molar-refractivity contribution in [3.63, 3.8) is 0 Å². The number of hydrogen-bond acceptors (Lipinski definition) is 6. The molecule has 9 nitrogen and oxygen atoms in total. The third-order valence-electron chi connectivity index (χ3n) is 7.56. The number of likely N-dealkylation sites (N-methyl/N-ethyl adjacent to an activating group) is 1. The van der Waals surface area contributed by atoms with Crippen LogP contribution in [0.1, 0.15) is 46.4 Å². The molecule has 188 valence electrons. The van der Waals surface area contributed by atoms with E-state index in [-0.39, 0.29) is 11.8 Å². The lowest BCUT2D eigenvalue weighted by Gasteiger charge is -2.38. The minimum Gasteiger partial charge on any atom is -0.371 e. The molecule has 3 aliphatic heterocycles. The second kappa shape index (κ2) is 11.0. The fourth-order valence-electron chi connectivity index (χ4n) is 5.28. The third-order valence-corrected chi connectivity index (χ3v) is 7.56. The number of aldehydes is 1. The Bertz CT molecular complexity index is 980. The molecule has 1 N–H and O–H groups in total. The van der Waals surface area contributed by atoms with Gasteiger partial charge in [-0.2, -0.15) is 0 Å². The Morgan fingerprint density at radius 3 is 2.46 bits per heavy atom. The van der Waals surface area contributed by atoms with Crippen molar-refractivity contribution in [2.24, 2.45) is 5.92 Å². The summed E-state index contributed by atoms with van der Waals surface area (Å²) in [6, 6.07) is 4.81. The maximum absolute atomic E-state index is 13.3. The minimum atomic E-state index is -0.583. The minimum absolute atomic E-state index is 0.240. The van der Waals surface area contributed by atoms with E-state index in [1.54, 1.807) is 19.2 Å². The molecule has 3 heterocycles. The van der Waals surface area contributed by atoms with Crippen LogP contribution in [0, 0.1) is 5.92 Å². The van der Waals surface area contributed by atoms with Gasteiger partial charge in [-0.15, -0.1) is 0 Å². The average Bonchev–Trinajstić information content (AvgIpc) is 2.88. The maximum atomic E-state index is 13.3. The molecule has 35 heavy (non-hydrogen) atoms. The van der Waals surface area contributed by atoms with Crippen molar-refractivity contribution < 1.29 is 19.2 Å². The van der Waals surface area contributed by atoms with Crippen LogP contribution in [0.15, 0.2) is 30.5 Å². The second-order valence-corrected chi connectivity index (χ2v) is 9.83. The van der Waals surface area contributed by atoms with Crippen molar-refractivity contribution in [2.75, 3.05) is 57.8 Å². The molecule has 9 heteroatoms. The van der Waals surface area contributed by atoms with Gasteiger partial charge in [-0.25, -0.2) is 0 Å². The molecule has 0 aromatic heterocycles. The van der Waals surface area contributed by atoms with E-state index in [9.17, 15) is 19.2 Å². The van der Waals surface area contributed by atoms with Crippen LogP contribution < -0.4 is 10.2 Å². The van der Waals surface area contributed by atoms with Crippen molar-refractivity contribution in [1.82, 2.24) is 20.0 Å². The van der Waals surface area contributed by atoms with E-state index in [4.69, 9.17) is 0 Å². The van der Waals surface area contributed by atoms with Gasteiger partial charge >= 0.3 is 0 Å². The van der Waals surface area contributed by atoms with E-state index in [2.05, 4.69) is 21.7 Å². The number of piperazine rings is 1. The first-order chi connectivity index (χ1) is 16.9. The highest BCUT2D eigenvalue weighted by atomic mass is 16.2. The van der Waals surface area contributed by atoms with Crippen LogP contribution >= 0.6 is 0 Å². The topological polar surface area (TPSA) is 93.3 Å². The zero-order valence-electron chi connectivity index (χ0n) is 20.4. The summed E-state index contributed by atoms with van der Waals surface area (Å²) in [5, 5.41) is 2.72. The van der Waals surface area contributed by atoms with Crippen molar-refractivity contribution in [1.29, 1.82) is 0 Å². The van der Waals surface area contributed by atoms with Gasteiger partial charge in [0.25, 0.3) is 5.91 Å². The van der Waals surface area contributed by atoms with E-state index in [0.29, 0.717) is 41.9 Å². The first-order valence-electron chi connectivity index (χ1n) is 12.4. The summed E-state index contributed by atoms with van der Waals surface area (Å²) in [6.07, 6.45) is 4.88. The number of piperidine rings is 2. The Morgan fingerprint density at radius 1 is 1.11 bits per heavy atom. The molecule has 1 atom stereocenters. The first-order valence-corrected chi connectivity index (χ1v) is 12.4. The quantitative estimate of drug-likeness (QED) is 0.591. The zero-order valence-corrected chi connectivity index (χ0v) is 20.4. The second-order valence-electron chi connectivity index (χ2n) is 9.83. The molecule has 1 aromatic carbocycles. The van der Waals surface area contributed by atoms with Crippen LogP contribution in [0.25, 0.3) is 0 Å². The number of nitrogens with zero attached hydrogens (tertiary/aromatic N) is 4. The van der Waals surface area contributed by atoms with Crippen LogP contribution in [0.2, 0.25) is 0 Å². The van der Waals surface area contributed by atoms with Crippen molar-refractivity contribution >= 4 is 30.2 Å². The highest BCUT2D eigenvalue weighted by Gasteiger charge is 2.32. The lowest BCUT2D eigenvalue weighted by Crippen LogP contribution is -2.50. The number of benzene rings is 1. The summed E-state index contributed by atoms with van der Waals surface area (Å²) in [6.45, 7) is 10.1. The summed E-state index contributed by atoms with van der Waals surface area (Å²) < 4.78 is 0. The first kappa shape index (κ1) is 24.9. The number of rotatable bonds is 7. The largest absolute Gasteiger partial charge is 0.371 e. The van der Waals surface area contributed by atoms with Gasteiger partial charge in [0.2, 0.25) is 12.3 Å². The summed E-state index contributed by atoms with van der Waals surface area (Å²) >= 11 is 0. The van der Waals surface area contributed by atoms with E-state index >= 15 is 0 Å². The predicted octanol–water partition coefficient (Wildman–Crippen LogP) is 1.35. The van der Waals surface area contributed by atoms with Gasteiger partial charge in [0.15, 0.2) is 6.29 Å². The Balaban J connectivity index is 1.38. The summed E-state index contributed by atoms with van der Waals surface area (Å²) in [5.41, 5.74) is 2.24. The summed E-state index contributed by atoms with van der Waals surface area (Å²) in [7, 11) is 1.61. The smallest absolute Gasteiger partial charge is 0.255 e. The normalized spacial score (nSPS) is 22.0. The van der Waals surface area contributed by atoms with Crippen molar-refractivity contribution in [3.05, 3.63) is 41.6 Å². The van der Waals surface area contributed by atoms with E-state index < -0.39 is 6.04 Å². The van der Waals surface area contributed by atoms with Gasteiger partial charge in [-0.05, 0) is 49.8 Å². The molecule has 0 radical (unpaired) electrons. The highest BCUT2D eigenvalue weighted by Crippen LogP contribution is 2.27. The molecule has 0 aliphatic carbocycles. The number of nitrogens with one attached hydrogen (secondary N) is 1. The van der Waals surface area contributed by atoms with E-state index in [1.807, 2.05) is 11.0 Å². The lowest BCUT2D eigenvalue weighted by atomic mass is 9.95. The highest BCUT2D eigenvalue weighted by molar-refractivity contribution is 6.04. The summed E-state index contributed by atoms with van der Waals surface area (Å²) in [5.74, 6) is 0.0385. The SMILES string of the molecule is C=C1CCC(N(C)C(=O)c2cc(N3CCC(CN4CCN(C=O)CC4)CC3)ccc2C=O)C(=O)N1. The zero-order chi connectivity index (χ0) is 24.9. The van der Waals surface area contributed by atoms with Gasteiger partial charge in [-0.1, -0.05) is 6.58 Å². The van der Waals surface area contributed by atoms with Gasteiger partial charge in [0.05, 0.1) is 5.56 Å². The van der Waals surface area contributed by atoms with Gasteiger partial charge in [0.1, 0.15) is 6.04 Å². The van der Waals surface area contributed by atoms with Gasteiger partial charge < -0.3 is 20.0 Å². The summed E-state index contributed by atoms with van der Waals surface area (Å²) in [4.78, 5) is 56.3.